The molecule has 0 heterocycles. The van der Waals surface area contributed by atoms with Crippen molar-refractivity contribution in [2.75, 3.05) is 19.6 Å². The van der Waals surface area contributed by atoms with E-state index in [-0.39, 0.29) is 5.91 Å². The summed E-state index contributed by atoms with van der Waals surface area (Å²) < 4.78 is 0. The van der Waals surface area contributed by atoms with E-state index >= 15 is 0 Å². The van der Waals surface area contributed by atoms with E-state index in [1.165, 1.54) is 25.7 Å². The Morgan fingerprint density at radius 2 is 2.25 bits per heavy atom. The van der Waals surface area contributed by atoms with E-state index in [0.29, 0.717) is 13.1 Å². The van der Waals surface area contributed by atoms with Gasteiger partial charge < -0.3 is 5.32 Å². The third-order valence-corrected chi connectivity index (χ3v) is 3.96. The van der Waals surface area contributed by atoms with Crippen molar-refractivity contribution in [3.63, 3.8) is 0 Å². The maximum Gasteiger partial charge on any atom is 0.233 e. The summed E-state index contributed by atoms with van der Waals surface area (Å²) in [5.74, 6) is 5.08. The van der Waals surface area contributed by atoms with E-state index in [4.69, 9.17) is 6.42 Å². The van der Waals surface area contributed by atoms with Gasteiger partial charge in [0.25, 0.3) is 0 Å². The molecule has 1 amide bonds. The molecule has 2 aliphatic rings. The molecule has 3 nitrogen and oxygen atoms in total. The first-order valence-corrected chi connectivity index (χ1v) is 6.20. The Bertz CT molecular complexity index is 295. The molecule has 2 fully saturated rings. The molecule has 2 N–H and O–H groups in total. The summed E-state index contributed by atoms with van der Waals surface area (Å²) in [5.41, 5.74) is 0. The molecule has 0 aliphatic heterocycles. The fourth-order valence-corrected chi connectivity index (χ4v) is 3.18. The van der Waals surface area contributed by atoms with Crippen LogP contribution < -0.4 is 10.6 Å². The summed E-state index contributed by atoms with van der Waals surface area (Å²) in [7, 11) is 0. The van der Waals surface area contributed by atoms with Crippen LogP contribution in [0.25, 0.3) is 0 Å². The van der Waals surface area contributed by atoms with Gasteiger partial charge in [0.05, 0.1) is 13.1 Å². The van der Waals surface area contributed by atoms with Crippen LogP contribution in [0.15, 0.2) is 0 Å². The summed E-state index contributed by atoms with van der Waals surface area (Å²) in [5, 5.41) is 5.89. The molecule has 2 saturated carbocycles. The lowest BCUT2D eigenvalue weighted by atomic mass is 9.89. The Labute approximate surface area is 97.4 Å². The van der Waals surface area contributed by atoms with Gasteiger partial charge in [-0.3, -0.25) is 10.1 Å². The van der Waals surface area contributed by atoms with Crippen molar-refractivity contribution in [2.24, 2.45) is 17.8 Å². The van der Waals surface area contributed by atoms with Crippen LogP contribution in [0.3, 0.4) is 0 Å². The number of terminal acetylenes is 1. The molecule has 88 valence electrons. The Morgan fingerprint density at radius 3 is 2.88 bits per heavy atom. The summed E-state index contributed by atoms with van der Waals surface area (Å²) in [6, 6.07) is 0. The highest BCUT2D eigenvalue weighted by molar-refractivity contribution is 5.78. The van der Waals surface area contributed by atoms with Gasteiger partial charge in [-0.2, -0.15) is 0 Å². The fraction of sp³-hybridized carbons (Fsp3) is 0.769. The second-order valence-corrected chi connectivity index (χ2v) is 5.05. The summed E-state index contributed by atoms with van der Waals surface area (Å²) >= 11 is 0. The van der Waals surface area contributed by atoms with Gasteiger partial charge in [-0.05, 0) is 37.0 Å². The summed E-state index contributed by atoms with van der Waals surface area (Å²) in [6.07, 6.45) is 10.6. The van der Waals surface area contributed by atoms with Crippen molar-refractivity contribution in [2.45, 2.75) is 25.7 Å². The van der Waals surface area contributed by atoms with Gasteiger partial charge in [-0.15, -0.1) is 6.42 Å². The van der Waals surface area contributed by atoms with Gasteiger partial charge in [0.15, 0.2) is 0 Å². The molecule has 0 saturated heterocycles. The van der Waals surface area contributed by atoms with Crippen molar-refractivity contribution < 1.29 is 4.79 Å². The Morgan fingerprint density at radius 1 is 1.38 bits per heavy atom. The van der Waals surface area contributed by atoms with Crippen molar-refractivity contribution in [3.05, 3.63) is 0 Å². The maximum absolute atomic E-state index is 11.4. The number of hydrogen-bond acceptors (Lipinski definition) is 2. The molecule has 0 aromatic rings. The number of nitrogens with one attached hydrogen (secondary N) is 2. The second-order valence-electron chi connectivity index (χ2n) is 5.05. The van der Waals surface area contributed by atoms with E-state index in [0.717, 1.165) is 24.3 Å². The van der Waals surface area contributed by atoms with Gasteiger partial charge >= 0.3 is 0 Å². The van der Waals surface area contributed by atoms with Crippen LogP contribution in [0.5, 0.6) is 0 Å². The van der Waals surface area contributed by atoms with Gasteiger partial charge in [0.2, 0.25) is 5.91 Å². The van der Waals surface area contributed by atoms with Crippen LogP contribution in [-0.2, 0) is 4.79 Å². The SMILES string of the molecule is C#CCNCC(=O)NCC1CC2CCC1C2. The molecule has 16 heavy (non-hydrogen) atoms. The maximum atomic E-state index is 11.4. The van der Waals surface area contributed by atoms with E-state index in [9.17, 15) is 4.79 Å². The standard InChI is InChI=1S/C13H20N2O/c1-2-5-14-9-13(16)15-8-12-7-10-3-4-11(12)6-10/h1,10-12,14H,3-9H2,(H,15,16). The van der Waals surface area contributed by atoms with Gasteiger partial charge in [0, 0.05) is 6.54 Å². The zero-order valence-electron chi connectivity index (χ0n) is 9.67. The Kier molecular flexibility index (Phi) is 3.84. The minimum atomic E-state index is 0.0676. The zero-order valence-corrected chi connectivity index (χ0v) is 9.67. The number of amides is 1. The zero-order chi connectivity index (χ0) is 11.4. The monoisotopic (exact) mass is 220 g/mol. The number of hydrogen-bond donors (Lipinski definition) is 2. The summed E-state index contributed by atoms with van der Waals surface area (Å²) in [4.78, 5) is 11.4. The molecular formula is C13H20N2O. The molecule has 2 aliphatic carbocycles. The highest BCUT2D eigenvalue weighted by atomic mass is 16.1. The Balaban J connectivity index is 1.61. The van der Waals surface area contributed by atoms with Gasteiger partial charge in [-0.1, -0.05) is 12.3 Å². The number of carbonyl (C=O) groups excluding carboxylic acids is 1. The molecule has 0 aromatic carbocycles. The van der Waals surface area contributed by atoms with Crippen molar-refractivity contribution in [1.29, 1.82) is 0 Å². The lowest BCUT2D eigenvalue weighted by Crippen LogP contribution is -2.37. The predicted octanol–water partition coefficient (Wildman–Crippen LogP) is 0.762. The average Bonchev–Trinajstić information content (AvgIpc) is 2.88. The molecule has 2 bridgehead atoms. The normalized spacial score (nSPS) is 31.3. The van der Waals surface area contributed by atoms with Crippen LogP contribution in [-0.4, -0.2) is 25.5 Å². The van der Waals surface area contributed by atoms with Crippen LogP contribution in [0, 0.1) is 30.1 Å². The largest absolute Gasteiger partial charge is 0.355 e. The molecule has 3 unspecified atom stereocenters. The lowest BCUT2D eigenvalue weighted by Gasteiger charge is -2.21. The molecular weight excluding hydrogens is 200 g/mol. The third kappa shape index (κ3) is 2.76. The van der Waals surface area contributed by atoms with Gasteiger partial charge in [0.1, 0.15) is 0 Å². The van der Waals surface area contributed by atoms with Gasteiger partial charge in [-0.25, -0.2) is 0 Å². The highest BCUT2D eigenvalue weighted by Gasteiger charge is 2.39. The summed E-state index contributed by atoms with van der Waals surface area (Å²) in [6.45, 7) is 1.66. The van der Waals surface area contributed by atoms with Crippen LogP contribution in [0.1, 0.15) is 25.7 Å². The van der Waals surface area contributed by atoms with Crippen molar-refractivity contribution in [3.8, 4) is 12.3 Å². The predicted molar refractivity (Wildman–Crippen MR) is 63.7 cm³/mol. The average molecular weight is 220 g/mol. The Hall–Kier alpha value is -1.01. The molecule has 3 heteroatoms. The highest BCUT2D eigenvalue weighted by Crippen LogP contribution is 2.47. The number of carbonyl (C=O) groups is 1. The molecule has 0 radical (unpaired) electrons. The molecule has 0 aromatic heterocycles. The second kappa shape index (κ2) is 5.36. The van der Waals surface area contributed by atoms with E-state index in [2.05, 4.69) is 16.6 Å². The van der Waals surface area contributed by atoms with Crippen LogP contribution in [0.2, 0.25) is 0 Å². The third-order valence-electron chi connectivity index (χ3n) is 3.96. The van der Waals surface area contributed by atoms with Crippen LogP contribution in [0.4, 0.5) is 0 Å². The lowest BCUT2D eigenvalue weighted by molar-refractivity contribution is -0.120. The van der Waals surface area contributed by atoms with E-state index in [1.54, 1.807) is 0 Å². The number of fused-ring (bicyclic) bond motifs is 2. The fourth-order valence-electron chi connectivity index (χ4n) is 3.18. The minimum Gasteiger partial charge on any atom is -0.355 e. The van der Waals surface area contributed by atoms with Crippen molar-refractivity contribution in [1.82, 2.24) is 10.6 Å². The number of rotatable bonds is 5. The first-order valence-electron chi connectivity index (χ1n) is 6.20. The first kappa shape index (κ1) is 11.5. The van der Waals surface area contributed by atoms with E-state index < -0.39 is 0 Å². The first-order chi connectivity index (χ1) is 7.79. The molecule has 2 rings (SSSR count). The minimum absolute atomic E-state index is 0.0676. The molecule has 0 spiro atoms. The van der Waals surface area contributed by atoms with Crippen LogP contribution >= 0.6 is 0 Å². The van der Waals surface area contributed by atoms with Crippen molar-refractivity contribution >= 4 is 5.91 Å². The molecule has 3 atom stereocenters. The van der Waals surface area contributed by atoms with E-state index in [1.807, 2.05) is 0 Å². The smallest absolute Gasteiger partial charge is 0.233 e. The topological polar surface area (TPSA) is 41.1 Å². The quantitative estimate of drug-likeness (QED) is 0.530.